The molecule has 3 aromatic carbocycles. The highest BCUT2D eigenvalue weighted by atomic mass is 19.1. The summed E-state index contributed by atoms with van der Waals surface area (Å²) < 4.78 is 15.0. The molecule has 3 N–H and O–H groups in total. The number of piperazine rings is 2. The minimum Gasteiger partial charge on any atom is -0.397 e. The summed E-state index contributed by atoms with van der Waals surface area (Å²) in [5.41, 5.74) is 11.3. The van der Waals surface area contributed by atoms with Gasteiger partial charge in [0, 0.05) is 82.5 Å². The number of amides is 3. The molecule has 13 nitrogen and oxygen atoms in total. The number of rotatable bonds is 10. The fourth-order valence-corrected chi connectivity index (χ4v) is 8.73. The number of anilines is 1. The first kappa shape index (κ1) is 40.8. The number of halogens is 1. The van der Waals surface area contributed by atoms with Gasteiger partial charge in [0.1, 0.15) is 5.82 Å². The second-order valence-electron chi connectivity index (χ2n) is 16.2. The van der Waals surface area contributed by atoms with E-state index in [2.05, 4.69) is 44.0 Å². The van der Waals surface area contributed by atoms with Crippen molar-refractivity contribution < 1.29 is 18.8 Å². The molecule has 3 saturated heterocycles. The first-order chi connectivity index (χ1) is 29.1. The summed E-state index contributed by atoms with van der Waals surface area (Å²) in [6, 6.07) is 21.8. The Bertz CT molecular complexity index is 2430. The Balaban J connectivity index is 0.757. The molecule has 3 aliphatic heterocycles. The smallest absolute Gasteiger partial charge is 0.274 e. The number of hydrogen-bond donors (Lipinski definition) is 2. The number of piperidine rings is 1. The van der Waals surface area contributed by atoms with Crippen molar-refractivity contribution in [2.24, 2.45) is 5.92 Å². The highest BCUT2D eigenvalue weighted by Gasteiger charge is 2.30. The Morgan fingerprint density at radius 1 is 0.750 bits per heavy atom. The van der Waals surface area contributed by atoms with E-state index in [9.17, 15) is 19.2 Å². The molecule has 0 spiro atoms. The van der Waals surface area contributed by atoms with E-state index in [-0.39, 0.29) is 22.9 Å². The van der Waals surface area contributed by atoms with Crippen LogP contribution in [0.4, 0.5) is 10.1 Å². The van der Waals surface area contributed by atoms with Gasteiger partial charge in [0.15, 0.2) is 5.69 Å². The van der Waals surface area contributed by atoms with Crippen molar-refractivity contribution in [3.8, 4) is 11.1 Å². The summed E-state index contributed by atoms with van der Waals surface area (Å²) in [5.74, 6) is -0.562. The standard InChI is InChI=1S/C46H52FN9O4/c1-2-31-6-5-7-34(24-31)35-27-40(48)43(49-28-35)46(60)56-18-16-53(17-19-56)29-32-12-14-52(15-13-32)30-42(57)54-20-22-55(23-21-54)45(59)38-25-33(10-11-39(38)47)26-41-36-8-3-4-9-37(36)44(58)51-50-41/h3-11,24-25,27-28,32H,2,12-23,26,29-30,48H2,1H3,(H,51,58). The lowest BCUT2D eigenvalue weighted by Gasteiger charge is -2.39. The Morgan fingerprint density at radius 2 is 1.45 bits per heavy atom. The van der Waals surface area contributed by atoms with E-state index in [0.717, 1.165) is 63.1 Å². The van der Waals surface area contributed by atoms with Crippen molar-refractivity contribution in [1.82, 2.24) is 39.7 Å². The monoisotopic (exact) mass is 813 g/mol. The molecule has 0 bridgehead atoms. The molecule has 14 heteroatoms. The number of nitrogens with two attached hydrogens (primary N) is 1. The van der Waals surface area contributed by atoms with E-state index in [1.807, 2.05) is 35.2 Å². The van der Waals surface area contributed by atoms with Gasteiger partial charge >= 0.3 is 0 Å². The average molecular weight is 814 g/mol. The molecular weight excluding hydrogens is 762 g/mol. The van der Waals surface area contributed by atoms with E-state index < -0.39 is 11.7 Å². The van der Waals surface area contributed by atoms with Crippen LogP contribution in [0.1, 0.15) is 57.4 Å². The minimum atomic E-state index is -0.600. The number of nitrogens with one attached hydrogen (secondary N) is 1. The number of H-pyrrole nitrogens is 1. The van der Waals surface area contributed by atoms with Gasteiger partial charge in [-0.1, -0.05) is 55.5 Å². The summed E-state index contributed by atoms with van der Waals surface area (Å²) >= 11 is 0. The van der Waals surface area contributed by atoms with Crippen molar-refractivity contribution >= 4 is 34.2 Å². The highest BCUT2D eigenvalue weighted by Crippen LogP contribution is 2.26. The van der Waals surface area contributed by atoms with E-state index in [0.29, 0.717) is 91.6 Å². The average Bonchev–Trinajstić information content (AvgIpc) is 3.28. The molecule has 5 heterocycles. The number of carbonyl (C=O) groups is 3. The summed E-state index contributed by atoms with van der Waals surface area (Å²) in [6.45, 7) is 9.40. The number of benzene rings is 3. The zero-order valence-electron chi connectivity index (χ0n) is 34.1. The van der Waals surface area contributed by atoms with Crippen LogP contribution in [0.5, 0.6) is 0 Å². The van der Waals surface area contributed by atoms with E-state index >= 15 is 4.39 Å². The molecule has 60 heavy (non-hydrogen) atoms. The number of carbonyl (C=O) groups excluding carboxylic acids is 3. The van der Waals surface area contributed by atoms with Crippen molar-refractivity contribution in [3.63, 3.8) is 0 Å². The highest BCUT2D eigenvalue weighted by molar-refractivity contribution is 5.98. The third-order valence-electron chi connectivity index (χ3n) is 12.4. The van der Waals surface area contributed by atoms with Crippen LogP contribution < -0.4 is 11.3 Å². The normalized spacial score (nSPS) is 17.0. The predicted octanol–water partition coefficient (Wildman–Crippen LogP) is 4.31. The van der Waals surface area contributed by atoms with Gasteiger partial charge in [-0.25, -0.2) is 14.5 Å². The second kappa shape index (κ2) is 18.1. The first-order valence-corrected chi connectivity index (χ1v) is 21.0. The van der Waals surface area contributed by atoms with Gasteiger partial charge in [0.25, 0.3) is 17.4 Å². The van der Waals surface area contributed by atoms with Crippen LogP contribution in [-0.2, 0) is 17.6 Å². The molecule has 0 radical (unpaired) electrons. The van der Waals surface area contributed by atoms with Crippen molar-refractivity contribution in [2.75, 3.05) is 84.3 Å². The van der Waals surface area contributed by atoms with Crippen molar-refractivity contribution in [2.45, 2.75) is 32.6 Å². The van der Waals surface area contributed by atoms with Gasteiger partial charge in [-0.3, -0.25) is 29.0 Å². The number of hydrogen-bond acceptors (Lipinski definition) is 9. The van der Waals surface area contributed by atoms with Crippen LogP contribution in [0.3, 0.4) is 0 Å². The van der Waals surface area contributed by atoms with Gasteiger partial charge in [-0.15, -0.1) is 0 Å². The summed E-state index contributed by atoms with van der Waals surface area (Å²) in [6.07, 6.45) is 5.00. The number of pyridine rings is 1. The van der Waals surface area contributed by atoms with E-state index in [4.69, 9.17) is 5.73 Å². The van der Waals surface area contributed by atoms with Crippen LogP contribution in [0, 0.1) is 11.7 Å². The number of nitrogen functional groups attached to an aromatic ring is 1. The Morgan fingerprint density at radius 3 is 2.18 bits per heavy atom. The number of aryl methyl sites for hydroxylation is 1. The molecule has 0 aliphatic carbocycles. The second-order valence-corrected chi connectivity index (χ2v) is 16.2. The molecule has 3 fully saturated rings. The zero-order valence-corrected chi connectivity index (χ0v) is 34.1. The topological polar surface area (TPSA) is 152 Å². The lowest BCUT2D eigenvalue weighted by molar-refractivity contribution is -0.134. The van der Waals surface area contributed by atoms with Gasteiger partial charge < -0.3 is 20.4 Å². The van der Waals surface area contributed by atoms with Crippen molar-refractivity contribution in [3.05, 3.63) is 123 Å². The number of aromatic amines is 1. The molecular formula is C46H52FN9O4. The quantitative estimate of drug-likeness (QED) is 0.210. The van der Waals surface area contributed by atoms with Crippen molar-refractivity contribution in [1.29, 1.82) is 0 Å². The number of fused-ring (bicyclic) bond motifs is 1. The summed E-state index contributed by atoms with van der Waals surface area (Å²) in [4.78, 5) is 66.9. The third-order valence-corrected chi connectivity index (χ3v) is 12.4. The van der Waals surface area contributed by atoms with E-state index in [1.165, 1.54) is 11.6 Å². The molecule has 0 atom stereocenters. The molecule has 0 saturated carbocycles. The summed E-state index contributed by atoms with van der Waals surface area (Å²) in [5, 5.41) is 7.98. The maximum Gasteiger partial charge on any atom is 0.274 e. The summed E-state index contributed by atoms with van der Waals surface area (Å²) in [7, 11) is 0. The largest absolute Gasteiger partial charge is 0.397 e. The fourth-order valence-electron chi connectivity index (χ4n) is 8.73. The molecule has 2 aromatic heterocycles. The number of nitrogens with zero attached hydrogens (tertiary/aromatic N) is 7. The molecule has 8 rings (SSSR count). The fraction of sp³-hybridized carbons (Fsp3) is 0.391. The SMILES string of the molecule is CCc1cccc(-c2cnc(C(=O)N3CCN(CC4CCN(CC(=O)N5CCN(C(=O)c6cc(Cc7n[nH]c(=O)c8ccccc78)ccc6F)CC5)CC4)CC3)c(N)c2)c1. The Labute approximate surface area is 349 Å². The number of likely N-dealkylation sites (tertiary alicyclic amines) is 1. The van der Waals surface area contributed by atoms with Gasteiger partial charge in [0.2, 0.25) is 5.91 Å². The zero-order chi connectivity index (χ0) is 41.8. The van der Waals surface area contributed by atoms with Gasteiger partial charge in [0.05, 0.1) is 28.9 Å². The Hall–Kier alpha value is -5.99. The lowest BCUT2D eigenvalue weighted by Crippen LogP contribution is -2.53. The molecule has 0 unspecified atom stereocenters. The van der Waals surface area contributed by atoms with Gasteiger partial charge in [-0.05, 0) is 79.2 Å². The number of aromatic nitrogens is 3. The maximum absolute atomic E-state index is 15.0. The molecule has 312 valence electrons. The van der Waals surface area contributed by atoms with Crippen LogP contribution in [-0.4, -0.2) is 136 Å². The van der Waals surface area contributed by atoms with Crippen LogP contribution in [0.2, 0.25) is 0 Å². The third kappa shape index (κ3) is 9.09. The molecule has 5 aromatic rings. The van der Waals surface area contributed by atoms with Crippen LogP contribution >= 0.6 is 0 Å². The lowest BCUT2D eigenvalue weighted by atomic mass is 9.96. The first-order valence-electron chi connectivity index (χ1n) is 21.0. The van der Waals surface area contributed by atoms with Gasteiger partial charge in [-0.2, -0.15) is 5.10 Å². The van der Waals surface area contributed by atoms with Crippen LogP contribution in [0.15, 0.2) is 83.8 Å². The minimum absolute atomic E-state index is 0.0166. The van der Waals surface area contributed by atoms with Crippen LogP contribution in [0.25, 0.3) is 21.9 Å². The Kier molecular flexibility index (Phi) is 12.3. The predicted molar refractivity (Wildman–Crippen MR) is 229 cm³/mol. The maximum atomic E-state index is 15.0. The molecule has 3 amide bonds. The molecule has 3 aliphatic rings. The van der Waals surface area contributed by atoms with E-state index in [1.54, 1.807) is 40.3 Å².